The van der Waals surface area contributed by atoms with Crippen LogP contribution in [0.1, 0.15) is 32.8 Å². The molecule has 0 aromatic heterocycles. The van der Waals surface area contributed by atoms with Gasteiger partial charge in [0.15, 0.2) is 0 Å². The van der Waals surface area contributed by atoms with Gasteiger partial charge in [-0.1, -0.05) is 19.1 Å². The van der Waals surface area contributed by atoms with Crippen LogP contribution in [0.5, 0.6) is 5.75 Å². The SMILES string of the molecule is CCC1(C)CN(Cc2cccc(O)c2)C(C)CN1. The lowest BCUT2D eigenvalue weighted by atomic mass is 9.93. The molecule has 1 aliphatic heterocycles. The fourth-order valence-electron chi connectivity index (χ4n) is 2.52. The van der Waals surface area contributed by atoms with E-state index in [-0.39, 0.29) is 5.54 Å². The van der Waals surface area contributed by atoms with Crippen molar-refractivity contribution in [3.05, 3.63) is 29.8 Å². The fraction of sp³-hybridized carbons (Fsp3) is 0.600. The monoisotopic (exact) mass is 248 g/mol. The van der Waals surface area contributed by atoms with E-state index in [1.807, 2.05) is 12.1 Å². The molecule has 0 saturated carbocycles. The molecule has 0 radical (unpaired) electrons. The van der Waals surface area contributed by atoms with Crippen molar-refractivity contribution in [3.63, 3.8) is 0 Å². The van der Waals surface area contributed by atoms with Crippen molar-refractivity contribution in [2.75, 3.05) is 13.1 Å². The number of rotatable bonds is 3. The molecular formula is C15H24N2O. The molecule has 1 aromatic rings. The minimum Gasteiger partial charge on any atom is -0.508 e. The van der Waals surface area contributed by atoms with Gasteiger partial charge >= 0.3 is 0 Å². The number of hydrogen-bond donors (Lipinski definition) is 2. The predicted octanol–water partition coefficient (Wildman–Crippen LogP) is 2.35. The molecule has 1 saturated heterocycles. The molecule has 0 spiro atoms. The summed E-state index contributed by atoms with van der Waals surface area (Å²) in [6, 6.07) is 8.11. The van der Waals surface area contributed by atoms with Crippen LogP contribution in [0.4, 0.5) is 0 Å². The van der Waals surface area contributed by atoms with E-state index in [1.54, 1.807) is 6.07 Å². The van der Waals surface area contributed by atoms with E-state index >= 15 is 0 Å². The number of nitrogens with zero attached hydrogens (tertiary/aromatic N) is 1. The van der Waals surface area contributed by atoms with E-state index in [9.17, 15) is 5.11 Å². The van der Waals surface area contributed by atoms with E-state index in [2.05, 4.69) is 37.1 Å². The largest absolute Gasteiger partial charge is 0.508 e. The van der Waals surface area contributed by atoms with Gasteiger partial charge in [0.05, 0.1) is 0 Å². The first-order chi connectivity index (χ1) is 8.52. The zero-order valence-corrected chi connectivity index (χ0v) is 11.6. The molecule has 1 aromatic carbocycles. The molecule has 3 nitrogen and oxygen atoms in total. The van der Waals surface area contributed by atoms with Gasteiger partial charge in [-0.2, -0.15) is 0 Å². The molecule has 1 heterocycles. The topological polar surface area (TPSA) is 35.5 Å². The highest BCUT2D eigenvalue weighted by Crippen LogP contribution is 2.21. The zero-order chi connectivity index (χ0) is 13.2. The Morgan fingerprint density at radius 3 is 2.94 bits per heavy atom. The first-order valence-electron chi connectivity index (χ1n) is 6.79. The van der Waals surface area contributed by atoms with Crippen LogP contribution in [0.2, 0.25) is 0 Å². The highest BCUT2D eigenvalue weighted by atomic mass is 16.3. The summed E-state index contributed by atoms with van der Waals surface area (Å²) in [5.74, 6) is 0.355. The van der Waals surface area contributed by atoms with Crippen LogP contribution in [-0.2, 0) is 6.54 Å². The maximum atomic E-state index is 9.53. The molecule has 2 atom stereocenters. The minimum atomic E-state index is 0.212. The summed E-state index contributed by atoms with van der Waals surface area (Å²) in [5, 5.41) is 13.2. The van der Waals surface area contributed by atoms with Crippen LogP contribution in [0, 0.1) is 0 Å². The Kier molecular flexibility index (Phi) is 3.93. The van der Waals surface area contributed by atoms with Crippen LogP contribution in [0.25, 0.3) is 0 Å². The quantitative estimate of drug-likeness (QED) is 0.862. The average molecular weight is 248 g/mol. The Balaban J connectivity index is 2.07. The van der Waals surface area contributed by atoms with Gasteiger partial charge < -0.3 is 10.4 Å². The lowest BCUT2D eigenvalue weighted by Gasteiger charge is -2.45. The van der Waals surface area contributed by atoms with Crippen molar-refractivity contribution in [3.8, 4) is 5.75 Å². The number of phenolic OH excluding ortho intramolecular Hbond substituents is 1. The third-order valence-electron chi connectivity index (χ3n) is 4.08. The highest BCUT2D eigenvalue weighted by Gasteiger charge is 2.32. The third-order valence-corrected chi connectivity index (χ3v) is 4.08. The van der Waals surface area contributed by atoms with Gasteiger partial charge in [-0.15, -0.1) is 0 Å². The smallest absolute Gasteiger partial charge is 0.115 e. The van der Waals surface area contributed by atoms with E-state index in [4.69, 9.17) is 0 Å². The summed E-state index contributed by atoms with van der Waals surface area (Å²) >= 11 is 0. The molecule has 100 valence electrons. The number of benzene rings is 1. The van der Waals surface area contributed by atoms with Crippen molar-refractivity contribution in [1.82, 2.24) is 10.2 Å². The van der Waals surface area contributed by atoms with Gasteiger partial charge in [-0.05, 0) is 38.0 Å². The summed E-state index contributed by atoms with van der Waals surface area (Å²) in [6.07, 6.45) is 1.14. The van der Waals surface area contributed by atoms with Crippen LogP contribution in [-0.4, -0.2) is 34.7 Å². The molecule has 2 N–H and O–H groups in total. The normalized spacial score (nSPS) is 29.4. The van der Waals surface area contributed by atoms with Gasteiger partial charge in [0.1, 0.15) is 5.75 Å². The van der Waals surface area contributed by atoms with Gasteiger partial charge in [-0.3, -0.25) is 4.90 Å². The standard InChI is InChI=1S/C15H24N2O/c1-4-15(3)11-17(12(2)9-16-15)10-13-6-5-7-14(18)8-13/h5-8,12,16,18H,4,9-11H2,1-3H3. The Labute approximate surface area is 110 Å². The Bertz CT molecular complexity index is 407. The minimum absolute atomic E-state index is 0.212. The van der Waals surface area contributed by atoms with Crippen molar-refractivity contribution in [2.45, 2.75) is 45.3 Å². The maximum absolute atomic E-state index is 9.53. The zero-order valence-electron chi connectivity index (χ0n) is 11.6. The van der Waals surface area contributed by atoms with Crippen molar-refractivity contribution in [1.29, 1.82) is 0 Å². The summed E-state index contributed by atoms with van der Waals surface area (Å²) in [6.45, 7) is 9.77. The number of aromatic hydroxyl groups is 1. The Hall–Kier alpha value is -1.06. The predicted molar refractivity (Wildman–Crippen MR) is 74.7 cm³/mol. The number of piperazine rings is 1. The number of phenols is 1. The Morgan fingerprint density at radius 2 is 2.28 bits per heavy atom. The molecule has 0 amide bonds. The van der Waals surface area contributed by atoms with Crippen LogP contribution in [0.3, 0.4) is 0 Å². The number of hydrogen-bond acceptors (Lipinski definition) is 3. The fourth-order valence-corrected chi connectivity index (χ4v) is 2.52. The molecule has 0 bridgehead atoms. The molecule has 2 unspecified atom stereocenters. The second-order valence-corrected chi connectivity index (χ2v) is 5.72. The van der Waals surface area contributed by atoms with Gasteiger partial charge in [0.2, 0.25) is 0 Å². The maximum Gasteiger partial charge on any atom is 0.115 e. The van der Waals surface area contributed by atoms with E-state index in [0.717, 1.165) is 26.1 Å². The van der Waals surface area contributed by atoms with Crippen molar-refractivity contribution in [2.24, 2.45) is 0 Å². The van der Waals surface area contributed by atoms with E-state index in [0.29, 0.717) is 11.8 Å². The first kappa shape index (κ1) is 13.4. The third kappa shape index (κ3) is 3.03. The second-order valence-electron chi connectivity index (χ2n) is 5.72. The van der Waals surface area contributed by atoms with Crippen LogP contribution < -0.4 is 5.32 Å². The second kappa shape index (κ2) is 5.29. The first-order valence-corrected chi connectivity index (χ1v) is 6.79. The van der Waals surface area contributed by atoms with Gasteiger partial charge in [0, 0.05) is 31.2 Å². The van der Waals surface area contributed by atoms with Crippen molar-refractivity contribution >= 4 is 0 Å². The summed E-state index contributed by atoms with van der Waals surface area (Å²) in [4.78, 5) is 2.49. The van der Waals surface area contributed by atoms with E-state index in [1.165, 1.54) is 5.56 Å². The molecule has 18 heavy (non-hydrogen) atoms. The molecule has 3 heteroatoms. The molecule has 1 aliphatic rings. The van der Waals surface area contributed by atoms with Crippen LogP contribution >= 0.6 is 0 Å². The summed E-state index contributed by atoms with van der Waals surface area (Å²) in [7, 11) is 0. The summed E-state index contributed by atoms with van der Waals surface area (Å²) in [5.41, 5.74) is 1.39. The van der Waals surface area contributed by atoms with Crippen LogP contribution in [0.15, 0.2) is 24.3 Å². The number of nitrogens with one attached hydrogen (secondary N) is 1. The van der Waals surface area contributed by atoms with Gasteiger partial charge in [0.25, 0.3) is 0 Å². The Morgan fingerprint density at radius 1 is 1.50 bits per heavy atom. The lowest BCUT2D eigenvalue weighted by Crippen LogP contribution is -2.61. The average Bonchev–Trinajstić information content (AvgIpc) is 2.34. The lowest BCUT2D eigenvalue weighted by molar-refractivity contribution is 0.0865. The highest BCUT2D eigenvalue weighted by molar-refractivity contribution is 5.27. The molecule has 1 fully saturated rings. The molecule has 0 aliphatic carbocycles. The summed E-state index contributed by atoms with van der Waals surface area (Å²) < 4.78 is 0. The van der Waals surface area contributed by atoms with Crippen molar-refractivity contribution < 1.29 is 5.11 Å². The van der Waals surface area contributed by atoms with E-state index < -0.39 is 0 Å². The van der Waals surface area contributed by atoms with Gasteiger partial charge in [-0.25, -0.2) is 0 Å². The molecule has 2 rings (SSSR count). The molecular weight excluding hydrogens is 224 g/mol.